The fourth-order valence-corrected chi connectivity index (χ4v) is 4.21. The van der Waals surface area contributed by atoms with Gasteiger partial charge in [0.15, 0.2) is 0 Å². The molecule has 2 aromatic rings. The topological polar surface area (TPSA) is 12.0 Å². The summed E-state index contributed by atoms with van der Waals surface area (Å²) in [6.07, 6.45) is 0. The molecule has 102 valence electrons. The van der Waals surface area contributed by atoms with Crippen molar-refractivity contribution in [2.24, 2.45) is 5.92 Å². The molecular weight excluding hydrogens is 318 g/mol. The number of thiophene rings is 1. The van der Waals surface area contributed by atoms with Crippen molar-refractivity contribution in [1.82, 2.24) is 5.32 Å². The Hall–Kier alpha value is -0.640. The smallest absolute Gasteiger partial charge is 0.0435 e. The Kier molecular flexibility index (Phi) is 4.82. The van der Waals surface area contributed by atoms with Crippen LogP contribution in [0.25, 0.3) is 10.4 Å². The first-order chi connectivity index (χ1) is 9.02. The SMILES string of the molecule is CNC(c1ccc(-c2cc(C)ccc2Br)s1)C(C)C. The summed E-state index contributed by atoms with van der Waals surface area (Å²) in [5.41, 5.74) is 2.58. The molecule has 1 atom stereocenters. The number of rotatable bonds is 4. The van der Waals surface area contributed by atoms with E-state index in [-0.39, 0.29) is 0 Å². The summed E-state index contributed by atoms with van der Waals surface area (Å²) in [5.74, 6) is 0.595. The summed E-state index contributed by atoms with van der Waals surface area (Å²) in [6.45, 7) is 6.64. The summed E-state index contributed by atoms with van der Waals surface area (Å²) >= 11 is 5.53. The van der Waals surface area contributed by atoms with Crippen LogP contribution in [-0.4, -0.2) is 7.05 Å². The van der Waals surface area contributed by atoms with E-state index in [1.807, 2.05) is 18.4 Å². The molecule has 19 heavy (non-hydrogen) atoms. The van der Waals surface area contributed by atoms with Gasteiger partial charge in [0.2, 0.25) is 0 Å². The lowest BCUT2D eigenvalue weighted by Crippen LogP contribution is -2.20. The van der Waals surface area contributed by atoms with Gasteiger partial charge in [0.1, 0.15) is 0 Å². The normalized spacial score (nSPS) is 12.9. The minimum atomic E-state index is 0.433. The number of halogens is 1. The minimum Gasteiger partial charge on any atom is -0.312 e. The lowest BCUT2D eigenvalue weighted by Gasteiger charge is -2.18. The zero-order valence-electron chi connectivity index (χ0n) is 11.8. The van der Waals surface area contributed by atoms with Gasteiger partial charge in [-0.2, -0.15) is 0 Å². The van der Waals surface area contributed by atoms with Gasteiger partial charge in [0, 0.05) is 25.8 Å². The van der Waals surface area contributed by atoms with Gasteiger partial charge in [0.05, 0.1) is 0 Å². The number of benzene rings is 1. The van der Waals surface area contributed by atoms with Crippen molar-refractivity contribution in [1.29, 1.82) is 0 Å². The van der Waals surface area contributed by atoms with Gasteiger partial charge in [-0.25, -0.2) is 0 Å². The molecule has 1 aromatic carbocycles. The summed E-state index contributed by atoms with van der Waals surface area (Å²) < 4.78 is 1.16. The number of nitrogens with one attached hydrogen (secondary N) is 1. The molecule has 1 nitrogen and oxygen atoms in total. The van der Waals surface area contributed by atoms with E-state index in [1.165, 1.54) is 20.9 Å². The van der Waals surface area contributed by atoms with Crippen molar-refractivity contribution in [2.45, 2.75) is 26.8 Å². The van der Waals surface area contributed by atoms with Gasteiger partial charge >= 0.3 is 0 Å². The van der Waals surface area contributed by atoms with Crippen molar-refractivity contribution in [3.8, 4) is 10.4 Å². The van der Waals surface area contributed by atoms with Crippen molar-refractivity contribution in [3.05, 3.63) is 45.2 Å². The zero-order chi connectivity index (χ0) is 14.0. The number of hydrogen-bond donors (Lipinski definition) is 1. The van der Waals surface area contributed by atoms with Crippen molar-refractivity contribution < 1.29 is 0 Å². The highest BCUT2D eigenvalue weighted by Crippen LogP contribution is 2.37. The molecule has 1 aromatic heterocycles. The lowest BCUT2D eigenvalue weighted by molar-refractivity contribution is 0.449. The molecule has 2 rings (SSSR count). The second-order valence-corrected chi connectivity index (χ2v) is 7.17. The van der Waals surface area contributed by atoms with Crippen LogP contribution >= 0.6 is 27.3 Å². The molecule has 0 amide bonds. The van der Waals surface area contributed by atoms with Gasteiger partial charge in [-0.05, 0) is 44.2 Å². The Morgan fingerprint density at radius 2 is 1.89 bits per heavy atom. The number of hydrogen-bond acceptors (Lipinski definition) is 2. The van der Waals surface area contributed by atoms with Crippen molar-refractivity contribution >= 4 is 27.3 Å². The standard InChI is InChI=1S/C16H20BrNS/c1-10(2)16(18-4)15-8-7-14(19-15)12-9-11(3)5-6-13(12)17/h5-10,16,18H,1-4H3. The monoisotopic (exact) mass is 337 g/mol. The number of aryl methyl sites for hydroxylation is 1. The van der Waals surface area contributed by atoms with Crippen LogP contribution in [0, 0.1) is 12.8 Å². The second-order valence-electron chi connectivity index (χ2n) is 5.20. The average Bonchev–Trinajstić information content (AvgIpc) is 2.82. The maximum atomic E-state index is 3.65. The molecule has 0 aliphatic carbocycles. The van der Waals surface area contributed by atoms with Crippen LogP contribution in [0.5, 0.6) is 0 Å². The molecule has 0 aliphatic rings. The Morgan fingerprint density at radius 1 is 1.16 bits per heavy atom. The molecule has 0 aliphatic heterocycles. The third kappa shape index (κ3) is 3.28. The van der Waals surface area contributed by atoms with E-state index in [4.69, 9.17) is 0 Å². The van der Waals surface area contributed by atoms with Crippen LogP contribution in [0.4, 0.5) is 0 Å². The van der Waals surface area contributed by atoms with Crippen LogP contribution in [0.15, 0.2) is 34.8 Å². The first-order valence-corrected chi connectivity index (χ1v) is 8.17. The average molecular weight is 338 g/mol. The van der Waals surface area contributed by atoms with Crippen LogP contribution < -0.4 is 5.32 Å². The third-order valence-electron chi connectivity index (χ3n) is 3.30. The van der Waals surface area contributed by atoms with E-state index in [0.29, 0.717) is 12.0 Å². The van der Waals surface area contributed by atoms with Gasteiger partial charge in [-0.1, -0.05) is 41.4 Å². The Balaban J connectivity index is 2.38. The Labute approximate surface area is 128 Å². The fourth-order valence-electron chi connectivity index (χ4n) is 2.30. The molecule has 3 heteroatoms. The molecule has 0 radical (unpaired) electrons. The first kappa shape index (κ1) is 14.8. The molecule has 1 N–H and O–H groups in total. The zero-order valence-corrected chi connectivity index (χ0v) is 14.2. The molecule has 0 fully saturated rings. The molecule has 0 bridgehead atoms. The summed E-state index contributed by atoms with van der Waals surface area (Å²) in [4.78, 5) is 2.73. The van der Waals surface area contributed by atoms with E-state index in [1.54, 1.807) is 0 Å². The predicted molar refractivity (Wildman–Crippen MR) is 88.8 cm³/mol. The van der Waals surface area contributed by atoms with Crippen LogP contribution in [-0.2, 0) is 0 Å². The first-order valence-electron chi connectivity index (χ1n) is 6.56. The summed E-state index contributed by atoms with van der Waals surface area (Å²) in [5, 5.41) is 3.41. The van der Waals surface area contributed by atoms with E-state index >= 15 is 0 Å². The molecule has 1 unspecified atom stereocenters. The quantitative estimate of drug-likeness (QED) is 0.787. The molecular formula is C16H20BrNS. The molecule has 0 spiro atoms. The Bertz CT molecular complexity index is 560. The molecule has 0 saturated heterocycles. The minimum absolute atomic E-state index is 0.433. The van der Waals surface area contributed by atoms with E-state index in [9.17, 15) is 0 Å². The highest BCUT2D eigenvalue weighted by atomic mass is 79.9. The van der Waals surface area contributed by atoms with Crippen molar-refractivity contribution in [2.75, 3.05) is 7.05 Å². The second kappa shape index (κ2) is 6.21. The van der Waals surface area contributed by atoms with E-state index in [0.717, 1.165) is 4.47 Å². The van der Waals surface area contributed by atoms with Crippen LogP contribution in [0.3, 0.4) is 0 Å². The molecule has 1 heterocycles. The van der Waals surface area contributed by atoms with E-state index < -0.39 is 0 Å². The largest absolute Gasteiger partial charge is 0.312 e. The highest BCUT2D eigenvalue weighted by molar-refractivity contribution is 9.10. The van der Waals surface area contributed by atoms with Crippen LogP contribution in [0.2, 0.25) is 0 Å². The maximum absolute atomic E-state index is 3.65. The maximum Gasteiger partial charge on any atom is 0.0435 e. The Morgan fingerprint density at radius 3 is 2.53 bits per heavy atom. The van der Waals surface area contributed by atoms with Crippen LogP contribution in [0.1, 0.15) is 30.3 Å². The van der Waals surface area contributed by atoms with Crippen molar-refractivity contribution in [3.63, 3.8) is 0 Å². The summed E-state index contributed by atoms with van der Waals surface area (Å²) in [7, 11) is 2.03. The van der Waals surface area contributed by atoms with Gasteiger partial charge in [0.25, 0.3) is 0 Å². The van der Waals surface area contributed by atoms with Gasteiger partial charge < -0.3 is 5.32 Å². The van der Waals surface area contributed by atoms with E-state index in [2.05, 4.69) is 72.3 Å². The predicted octanol–water partition coefficient (Wildman–Crippen LogP) is 5.40. The highest BCUT2D eigenvalue weighted by Gasteiger charge is 2.16. The van der Waals surface area contributed by atoms with Gasteiger partial charge in [-0.15, -0.1) is 11.3 Å². The third-order valence-corrected chi connectivity index (χ3v) is 5.19. The lowest BCUT2D eigenvalue weighted by atomic mass is 10.0. The summed E-state index contributed by atoms with van der Waals surface area (Å²) in [6, 6.07) is 11.4. The van der Waals surface area contributed by atoms with Gasteiger partial charge in [-0.3, -0.25) is 0 Å². The fraction of sp³-hybridized carbons (Fsp3) is 0.375. The molecule has 0 saturated carbocycles.